The quantitative estimate of drug-likeness (QED) is 0.686. The Hall–Kier alpha value is -2.66. The van der Waals surface area contributed by atoms with Crippen molar-refractivity contribution in [1.82, 2.24) is 4.98 Å². The fourth-order valence-electron chi connectivity index (χ4n) is 2.65. The lowest BCUT2D eigenvalue weighted by molar-refractivity contribution is -0.118. The number of amides is 1. The predicted octanol–water partition coefficient (Wildman–Crippen LogP) is 5.06. The van der Waals surface area contributed by atoms with Gasteiger partial charge >= 0.3 is 0 Å². The second-order valence-corrected chi connectivity index (χ2v) is 7.25. The highest BCUT2D eigenvalue weighted by molar-refractivity contribution is 7.14. The molecular formula is C21H22N2O2S. The third-order valence-electron chi connectivity index (χ3n) is 4.33. The predicted molar refractivity (Wildman–Crippen MR) is 107 cm³/mol. The molecule has 0 fully saturated rings. The van der Waals surface area contributed by atoms with E-state index in [0.29, 0.717) is 5.13 Å². The van der Waals surface area contributed by atoms with E-state index in [2.05, 4.69) is 42.3 Å². The summed E-state index contributed by atoms with van der Waals surface area (Å²) in [5.74, 6) is 0.517. The molecule has 26 heavy (non-hydrogen) atoms. The van der Waals surface area contributed by atoms with Crippen molar-refractivity contribution in [2.75, 3.05) is 11.9 Å². The number of aromatic nitrogens is 1. The fraction of sp³-hybridized carbons (Fsp3) is 0.238. The lowest BCUT2D eigenvalue weighted by atomic mass is 10.0. The summed E-state index contributed by atoms with van der Waals surface area (Å²) in [6.07, 6.45) is 0. The largest absolute Gasteiger partial charge is 0.483 e. The van der Waals surface area contributed by atoms with E-state index >= 15 is 0 Å². The summed E-state index contributed by atoms with van der Waals surface area (Å²) in [7, 11) is 0. The standard InChI is InChI=1S/C21H22N2O2S/c1-13-8-9-15(3)17(10-13)18-12-26-21(22-18)23-20(24)11-25-19-7-5-6-14(2)16(19)4/h5-10,12H,11H2,1-4H3,(H,22,23,24). The smallest absolute Gasteiger partial charge is 0.264 e. The number of benzene rings is 2. The van der Waals surface area contributed by atoms with Crippen LogP contribution in [0.3, 0.4) is 0 Å². The highest BCUT2D eigenvalue weighted by atomic mass is 32.1. The minimum absolute atomic E-state index is 0.0390. The van der Waals surface area contributed by atoms with Crippen LogP contribution >= 0.6 is 11.3 Å². The summed E-state index contributed by atoms with van der Waals surface area (Å²) in [6, 6.07) is 12.1. The van der Waals surface area contributed by atoms with E-state index in [1.807, 2.05) is 37.4 Å². The number of hydrogen-bond donors (Lipinski definition) is 1. The van der Waals surface area contributed by atoms with Crippen LogP contribution in [-0.2, 0) is 4.79 Å². The van der Waals surface area contributed by atoms with Crippen molar-refractivity contribution < 1.29 is 9.53 Å². The van der Waals surface area contributed by atoms with E-state index in [9.17, 15) is 4.79 Å². The number of thiazole rings is 1. The maximum atomic E-state index is 12.2. The Morgan fingerprint density at radius 3 is 2.73 bits per heavy atom. The van der Waals surface area contributed by atoms with Crippen LogP contribution in [0.15, 0.2) is 41.8 Å². The van der Waals surface area contributed by atoms with Crippen molar-refractivity contribution in [3.63, 3.8) is 0 Å². The van der Waals surface area contributed by atoms with Crippen LogP contribution in [0.1, 0.15) is 22.3 Å². The molecule has 3 rings (SSSR count). The Kier molecular flexibility index (Phi) is 5.38. The van der Waals surface area contributed by atoms with Gasteiger partial charge in [-0.3, -0.25) is 10.1 Å². The molecule has 0 spiro atoms. The number of hydrogen-bond acceptors (Lipinski definition) is 4. The van der Waals surface area contributed by atoms with Crippen molar-refractivity contribution in [3.8, 4) is 17.0 Å². The van der Waals surface area contributed by atoms with Gasteiger partial charge in [-0.25, -0.2) is 4.98 Å². The Morgan fingerprint density at radius 1 is 1.12 bits per heavy atom. The summed E-state index contributed by atoms with van der Waals surface area (Å²) < 4.78 is 5.64. The molecule has 1 N–H and O–H groups in total. The molecule has 0 bridgehead atoms. The zero-order chi connectivity index (χ0) is 18.7. The minimum Gasteiger partial charge on any atom is -0.483 e. The Labute approximate surface area is 157 Å². The van der Waals surface area contributed by atoms with Crippen molar-refractivity contribution in [2.45, 2.75) is 27.7 Å². The summed E-state index contributed by atoms with van der Waals surface area (Å²) in [5.41, 5.74) is 6.51. The highest BCUT2D eigenvalue weighted by Crippen LogP contribution is 2.28. The molecule has 0 atom stereocenters. The highest BCUT2D eigenvalue weighted by Gasteiger charge is 2.11. The van der Waals surface area contributed by atoms with Gasteiger partial charge in [-0.1, -0.05) is 29.8 Å². The van der Waals surface area contributed by atoms with Crippen LogP contribution in [0.4, 0.5) is 5.13 Å². The van der Waals surface area contributed by atoms with Gasteiger partial charge in [0.25, 0.3) is 5.91 Å². The molecule has 1 amide bonds. The monoisotopic (exact) mass is 366 g/mol. The van der Waals surface area contributed by atoms with Crippen molar-refractivity contribution in [3.05, 3.63) is 64.0 Å². The Bertz CT molecular complexity index is 947. The fourth-order valence-corrected chi connectivity index (χ4v) is 3.37. The Morgan fingerprint density at radius 2 is 1.92 bits per heavy atom. The first-order valence-electron chi connectivity index (χ1n) is 8.46. The average molecular weight is 366 g/mol. The van der Waals surface area contributed by atoms with Gasteiger partial charge in [0, 0.05) is 10.9 Å². The molecule has 4 nitrogen and oxygen atoms in total. The number of aryl methyl sites for hydroxylation is 3. The lowest BCUT2D eigenvalue weighted by Crippen LogP contribution is -2.20. The summed E-state index contributed by atoms with van der Waals surface area (Å²) >= 11 is 1.42. The van der Waals surface area contributed by atoms with Crippen molar-refractivity contribution >= 4 is 22.4 Å². The van der Waals surface area contributed by atoms with E-state index < -0.39 is 0 Å². The second kappa shape index (κ2) is 7.70. The van der Waals surface area contributed by atoms with Gasteiger partial charge in [0.05, 0.1) is 5.69 Å². The molecule has 1 aromatic heterocycles. The molecular weight excluding hydrogens is 344 g/mol. The first-order chi connectivity index (χ1) is 12.4. The number of carbonyl (C=O) groups is 1. The van der Waals surface area contributed by atoms with Crippen LogP contribution in [0.2, 0.25) is 0 Å². The molecule has 5 heteroatoms. The molecule has 3 aromatic rings. The average Bonchev–Trinajstić information content (AvgIpc) is 3.06. The molecule has 0 saturated heterocycles. The molecule has 0 aliphatic carbocycles. The van der Waals surface area contributed by atoms with Gasteiger partial charge < -0.3 is 4.74 Å². The van der Waals surface area contributed by atoms with Crippen LogP contribution in [0.5, 0.6) is 5.75 Å². The topological polar surface area (TPSA) is 51.2 Å². The summed E-state index contributed by atoms with van der Waals surface area (Å²) in [4.78, 5) is 16.7. The summed E-state index contributed by atoms with van der Waals surface area (Å²) in [5, 5.41) is 5.35. The molecule has 134 valence electrons. The molecule has 0 radical (unpaired) electrons. The van der Waals surface area contributed by atoms with Gasteiger partial charge in [-0.2, -0.15) is 0 Å². The van der Waals surface area contributed by atoms with Crippen LogP contribution in [-0.4, -0.2) is 17.5 Å². The number of ether oxygens (including phenoxy) is 1. The number of nitrogens with zero attached hydrogens (tertiary/aromatic N) is 1. The number of rotatable bonds is 5. The van der Waals surface area contributed by atoms with Crippen molar-refractivity contribution in [1.29, 1.82) is 0 Å². The van der Waals surface area contributed by atoms with E-state index in [1.165, 1.54) is 16.9 Å². The molecule has 1 heterocycles. The normalized spacial score (nSPS) is 10.6. The van der Waals surface area contributed by atoms with Gasteiger partial charge in [0.1, 0.15) is 5.75 Å². The van der Waals surface area contributed by atoms with Crippen molar-refractivity contribution in [2.24, 2.45) is 0 Å². The first-order valence-corrected chi connectivity index (χ1v) is 9.34. The molecule has 0 aliphatic heterocycles. The summed E-state index contributed by atoms with van der Waals surface area (Å²) in [6.45, 7) is 8.09. The molecule has 0 aliphatic rings. The molecule has 0 unspecified atom stereocenters. The van der Waals surface area contributed by atoms with Crippen LogP contribution < -0.4 is 10.1 Å². The number of nitrogens with one attached hydrogen (secondary N) is 1. The van der Waals surface area contributed by atoms with Gasteiger partial charge in [-0.05, 0) is 56.5 Å². The van der Waals surface area contributed by atoms with Gasteiger partial charge in [0.15, 0.2) is 11.7 Å². The minimum atomic E-state index is -0.215. The zero-order valence-electron chi connectivity index (χ0n) is 15.4. The maximum absolute atomic E-state index is 12.2. The molecule has 0 saturated carbocycles. The van der Waals surface area contributed by atoms with Gasteiger partial charge in [0.2, 0.25) is 0 Å². The third-order valence-corrected chi connectivity index (χ3v) is 5.09. The SMILES string of the molecule is Cc1ccc(C)c(-c2csc(NC(=O)COc3cccc(C)c3C)n2)c1. The van der Waals surface area contributed by atoms with Crippen LogP contribution in [0.25, 0.3) is 11.3 Å². The van der Waals surface area contributed by atoms with E-state index in [0.717, 1.165) is 33.7 Å². The number of carbonyl (C=O) groups excluding carboxylic acids is 1. The van der Waals surface area contributed by atoms with E-state index in [-0.39, 0.29) is 12.5 Å². The molecule has 2 aromatic carbocycles. The number of anilines is 1. The van der Waals surface area contributed by atoms with Crippen LogP contribution in [0, 0.1) is 27.7 Å². The first kappa shape index (κ1) is 18.1. The van der Waals surface area contributed by atoms with Gasteiger partial charge in [-0.15, -0.1) is 11.3 Å². The second-order valence-electron chi connectivity index (χ2n) is 6.39. The lowest BCUT2D eigenvalue weighted by Gasteiger charge is -2.10. The zero-order valence-corrected chi connectivity index (χ0v) is 16.2. The maximum Gasteiger partial charge on any atom is 0.264 e. The third kappa shape index (κ3) is 4.11. The Balaban J connectivity index is 1.64. The van der Waals surface area contributed by atoms with E-state index in [4.69, 9.17) is 4.74 Å². The van der Waals surface area contributed by atoms with E-state index in [1.54, 1.807) is 0 Å².